The molecular formula is C14H7F5N2O2S2. The molecular weight excluding hydrogens is 387 g/mol. The van der Waals surface area contributed by atoms with Crippen molar-refractivity contribution < 1.29 is 30.4 Å². The predicted octanol–water partition coefficient (Wildman–Crippen LogP) is 4.39. The van der Waals surface area contributed by atoms with E-state index < -0.39 is 38.3 Å². The zero-order valence-corrected chi connectivity index (χ0v) is 13.6. The zero-order valence-electron chi connectivity index (χ0n) is 11.9. The van der Waals surface area contributed by atoms with Crippen molar-refractivity contribution in [3.8, 4) is 0 Å². The molecule has 1 N–H and O–H groups in total. The van der Waals surface area contributed by atoms with Crippen LogP contribution in [0, 0.1) is 11.6 Å². The summed E-state index contributed by atoms with van der Waals surface area (Å²) in [5.74, 6) is -1.84. The van der Waals surface area contributed by atoms with Crippen LogP contribution in [-0.2, 0) is 16.2 Å². The highest BCUT2D eigenvalue weighted by Crippen LogP contribution is 2.32. The van der Waals surface area contributed by atoms with Gasteiger partial charge in [0.25, 0.3) is 10.0 Å². The highest BCUT2D eigenvalue weighted by molar-refractivity contribution is 7.93. The van der Waals surface area contributed by atoms with Crippen molar-refractivity contribution in [1.82, 2.24) is 4.98 Å². The number of thiazole rings is 1. The molecule has 4 nitrogen and oxygen atoms in total. The highest BCUT2D eigenvalue weighted by Gasteiger charge is 2.31. The maximum Gasteiger partial charge on any atom is 0.416 e. The molecule has 11 heteroatoms. The summed E-state index contributed by atoms with van der Waals surface area (Å²) < 4.78 is 91.4. The Morgan fingerprint density at radius 1 is 1.08 bits per heavy atom. The number of sulfonamides is 1. The Morgan fingerprint density at radius 2 is 1.80 bits per heavy atom. The number of anilines is 1. The van der Waals surface area contributed by atoms with E-state index in [0.29, 0.717) is 23.5 Å². The molecule has 25 heavy (non-hydrogen) atoms. The monoisotopic (exact) mass is 394 g/mol. The number of hydrogen-bond donors (Lipinski definition) is 1. The fraction of sp³-hybridized carbons (Fsp3) is 0.0714. The van der Waals surface area contributed by atoms with E-state index in [4.69, 9.17) is 0 Å². The average Bonchev–Trinajstić information content (AvgIpc) is 2.88. The van der Waals surface area contributed by atoms with Crippen molar-refractivity contribution in [3.63, 3.8) is 0 Å². The van der Waals surface area contributed by atoms with Crippen molar-refractivity contribution in [2.75, 3.05) is 4.72 Å². The molecule has 0 unspecified atom stereocenters. The Labute approximate surface area is 142 Å². The zero-order chi connectivity index (χ0) is 18.4. The van der Waals surface area contributed by atoms with Crippen LogP contribution < -0.4 is 4.72 Å². The molecule has 0 spiro atoms. The van der Waals surface area contributed by atoms with Gasteiger partial charge in [-0.1, -0.05) is 17.4 Å². The molecule has 1 aromatic heterocycles. The van der Waals surface area contributed by atoms with Gasteiger partial charge in [0.05, 0.1) is 15.2 Å². The second-order valence-corrected chi connectivity index (χ2v) is 7.60. The molecule has 0 amide bonds. The molecule has 0 radical (unpaired) electrons. The largest absolute Gasteiger partial charge is 0.416 e. The number of alkyl halides is 3. The number of halogens is 5. The SMILES string of the molecule is O=S(=O)(Nc1nc2c(F)cc(F)cc2s1)c1cccc(C(F)(F)F)c1. The lowest BCUT2D eigenvalue weighted by Gasteiger charge is -2.09. The van der Waals surface area contributed by atoms with Gasteiger partial charge in [0.2, 0.25) is 0 Å². The van der Waals surface area contributed by atoms with Crippen LogP contribution in [0.2, 0.25) is 0 Å². The molecule has 3 aromatic rings. The van der Waals surface area contributed by atoms with E-state index in [2.05, 4.69) is 4.98 Å². The van der Waals surface area contributed by atoms with Crippen LogP contribution in [0.3, 0.4) is 0 Å². The summed E-state index contributed by atoms with van der Waals surface area (Å²) in [6.07, 6.45) is -4.71. The normalized spacial score (nSPS) is 12.5. The first-order chi connectivity index (χ1) is 11.6. The first-order valence-electron chi connectivity index (χ1n) is 6.52. The minimum atomic E-state index is -4.71. The van der Waals surface area contributed by atoms with Gasteiger partial charge in [-0.15, -0.1) is 0 Å². The Balaban J connectivity index is 1.98. The molecule has 0 aliphatic rings. The maximum absolute atomic E-state index is 13.6. The second-order valence-electron chi connectivity index (χ2n) is 4.88. The number of benzene rings is 2. The maximum atomic E-state index is 13.6. The van der Waals surface area contributed by atoms with E-state index >= 15 is 0 Å². The summed E-state index contributed by atoms with van der Waals surface area (Å²) in [4.78, 5) is 3.07. The number of aromatic nitrogens is 1. The summed E-state index contributed by atoms with van der Waals surface area (Å²) in [5, 5.41) is -0.295. The molecule has 0 atom stereocenters. The lowest BCUT2D eigenvalue weighted by molar-refractivity contribution is -0.137. The number of fused-ring (bicyclic) bond motifs is 1. The molecule has 0 bridgehead atoms. The first-order valence-corrected chi connectivity index (χ1v) is 8.82. The number of nitrogens with zero attached hydrogens (tertiary/aromatic N) is 1. The van der Waals surface area contributed by atoms with Crippen molar-refractivity contribution >= 4 is 36.7 Å². The van der Waals surface area contributed by atoms with Gasteiger partial charge in [-0.25, -0.2) is 22.2 Å². The Hall–Kier alpha value is -2.27. The van der Waals surface area contributed by atoms with E-state index in [9.17, 15) is 30.4 Å². The third-order valence-corrected chi connectivity index (χ3v) is 5.49. The van der Waals surface area contributed by atoms with Crippen molar-refractivity contribution in [1.29, 1.82) is 0 Å². The van der Waals surface area contributed by atoms with Gasteiger partial charge < -0.3 is 0 Å². The first kappa shape index (κ1) is 17.5. The molecule has 0 saturated carbocycles. The molecule has 0 fully saturated rings. The highest BCUT2D eigenvalue weighted by atomic mass is 32.2. The number of hydrogen-bond acceptors (Lipinski definition) is 4. The van der Waals surface area contributed by atoms with Crippen LogP contribution in [0.1, 0.15) is 5.56 Å². The van der Waals surface area contributed by atoms with Gasteiger partial charge in [-0.05, 0) is 24.3 Å². The molecule has 1 heterocycles. The molecule has 132 valence electrons. The second kappa shape index (κ2) is 5.92. The summed E-state index contributed by atoms with van der Waals surface area (Å²) >= 11 is 0.653. The van der Waals surface area contributed by atoms with Gasteiger partial charge in [0.15, 0.2) is 10.9 Å². The average molecular weight is 394 g/mol. The van der Waals surface area contributed by atoms with E-state index in [1.165, 1.54) is 0 Å². The Bertz CT molecular complexity index is 1060. The van der Waals surface area contributed by atoms with Gasteiger partial charge in [0, 0.05) is 6.07 Å². The third-order valence-electron chi connectivity index (χ3n) is 3.11. The number of nitrogens with one attached hydrogen (secondary N) is 1. The fourth-order valence-electron chi connectivity index (χ4n) is 2.01. The van der Waals surface area contributed by atoms with E-state index in [-0.39, 0.29) is 15.3 Å². The molecule has 0 saturated heterocycles. The van der Waals surface area contributed by atoms with Crippen LogP contribution in [0.15, 0.2) is 41.3 Å². The van der Waals surface area contributed by atoms with E-state index in [1.807, 2.05) is 4.72 Å². The van der Waals surface area contributed by atoms with Crippen molar-refractivity contribution in [2.45, 2.75) is 11.1 Å². The van der Waals surface area contributed by atoms with Gasteiger partial charge in [-0.3, -0.25) is 4.72 Å². The van der Waals surface area contributed by atoms with Gasteiger partial charge in [0.1, 0.15) is 11.3 Å². The van der Waals surface area contributed by atoms with Crippen LogP contribution in [0.25, 0.3) is 10.2 Å². The Kier molecular flexibility index (Phi) is 4.15. The summed E-state index contributed by atoms with van der Waals surface area (Å²) in [6, 6.07) is 4.69. The van der Waals surface area contributed by atoms with Gasteiger partial charge in [-0.2, -0.15) is 13.2 Å². The van der Waals surface area contributed by atoms with Crippen LogP contribution in [0.5, 0.6) is 0 Å². The molecule has 3 rings (SSSR count). The smallest absolute Gasteiger partial charge is 0.255 e. The molecule has 0 aliphatic carbocycles. The summed E-state index contributed by atoms with van der Waals surface area (Å²) in [7, 11) is -4.39. The van der Waals surface area contributed by atoms with E-state index in [0.717, 1.165) is 24.3 Å². The summed E-state index contributed by atoms with van der Waals surface area (Å²) in [6.45, 7) is 0. The quantitative estimate of drug-likeness (QED) is 0.670. The lowest BCUT2D eigenvalue weighted by atomic mass is 10.2. The molecule has 2 aromatic carbocycles. The molecule has 0 aliphatic heterocycles. The van der Waals surface area contributed by atoms with Crippen molar-refractivity contribution in [2.24, 2.45) is 0 Å². The lowest BCUT2D eigenvalue weighted by Crippen LogP contribution is -2.14. The van der Waals surface area contributed by atoms with E-state index in [1.54, 1.807) is 0 Å². The minimum Gasteiger partial charge on any atom is -0.255 e. The number of rotatable bonds is 3. The third kappa shape index (κ3) is 3.56. The summed E-state index contributed by atoms with van der Waals surface area (Å²) in [5.41, 5.74) is -1.37. The van der Waals surface area contributed by atoms with Crippen LogP contribution in [-0.4, -0.2) is 13.4 Å². The van der Waals surface area contributed by atoms with Gasteiger partial charge >= 0.3 is 6.18 Å². The topological polar surface area (TPSA) is 59.1 Å². The van der Waals surface area contributed by atoms with Crippen molar-refractivity contribution in [3.05, 3.63) is 53.6 Å². The van der Waals surface area contributed by atoms with Crippen LogP contribution in [0.4, 0.5) is 27.1 Å². The predicted molar refractivity (Wildman–Crippen MR) is 81.8 cm³/mol. The fourth-order valence-corrected chi connectivity index (χ4v) is 4.20. The Morgan fingerprint density at radius 3 is 2.48 bits per heavy atom. The minimum absolute atomic E-state index is 0.0549. The van der Waals surface area contributed by atoms with Crippen LogP contribution >= 0.6 is 11.3 Å². The standard InChI is InChI=1S/C14H7F5N2O2S2/c15-8-5-10(16)12-11(6-8)24-13(20-12)21-25(22,23)9-3-1-2-7(4-9)14(17,18)19/h1-6H,(H,20,21).